The molecule has 1 aliphatic rings. The number of carbonyl (C=O) groups excluding carboxylic acids is 1. The summed E-state index contributed by atoms with van der Waals surface area (Å²) in [5, 5.41) is 0. The second-order valence-corrected chi connectivity index (χ2v) is 4.85. The standard InChI is InChI=1S/C10H12O2S/c1-6-5-8(7(2)13-6)9-3-4-10(11)12-9/h5,9H,3-4H2,1-2H3. The second kappa shape index (κ2) is 3.14. The van der Waals surface area contributed by atoms with Gasteiger partial charge in [0.15, 0.2) is 0 Å². The van der Waals surface area contributed by atoms with Gasteiger partial charge in [0.05, 0.1) is 0 Å². The molecular formula is C10H12O2S. The minimum absolute atomic E-state index is 0.0254. The molecule has 2 heterocycles. The molecule has 70 valence electrons. The van der Waals surface area contributed by atoms with Crippen LogP contribution in [0.5, 0.6) is 0 Å². The van der Waals surface area contributed by atoms with Gasteiger partial charge in [-0.2, -0.15) is 0 Å². The summed E-state index contributed by atoms with van der Waals surface area (Å²) >= 11 is 1.77. The van der Waals surface area contributed by atoms with E-state index in [1.54, 1.807) is 11.3 Å². The van der Waals surface area contributed by atoms with Crippen LogP contribution in [0.1, 0.15) is 34.3 Å². The van der Waals surface area contributed by atoms with Gasteiger partial charge in [-0.05, 0) is 26.3 Å². The summed E-state index contributed by atoms with van der Waals surface area (Å²) < 4.78 is 5.21. The molecule has 0 N–H and O–H groups in total. The number of hydrogen-bond acceptors (Lipinski definition) is 3. The molecule has 2 nitrogen and oxygen atoms in total. The minimum atomic E-state index is -0.0618. The number of hydrogen-bond donors (Lipinski definition) is 0. The zero-order chi connectivity index (χ0) is 9.42. The highest BCUT2D eigenvalue weighted by molar-refractivity contribution is 7.12. The molecule has 1 fully saturated rings. The fourth-order valence-corrected chi connectivity index (χ4v) is 2.69. The van der Waals surface area contributed by atoms with Crippen molar-refractivity contribution < 1.29 is 9.53 Å². The second-order valence-electron chi connectivity index (χ2n) is 3.39. The van der Waals surface area contributed by atoms with E-state index in [1.165, 1.54) is 15.3 Å². The third-order valence-corrected chi connectivity index (χ3v) is 3.29. The Morgan fingerprint density at radius 2 is 2.31 bits per heavy atom. The van der Waals surface area contributed by atoms with Gasteiger partial charge in [-0.25, -0.2) is 0 Å². The van der Waals surface area contributed by atoms with E-state index in [9.17, 15) is 4.79 Å². The lowest BCUT2D eigenvalue weighted by Gasteiger charge is -2.07. The van der Waals surface area contributed by atoms with Gasteiger partial charge in [-0.3, -0.25) is 4.79 Å². The van der Waals surface area contributed by atoms with Gasteiger partial charge in [-0.15, -0.1) is 11.3 Å². The van der Waals surface area contributed by atoms with E-state index in [0.717, 1.165) is 6.42 Å². The third kappa shape index (κ3) is 1.61. The van der Waals surface area contributed by atoms with Gasteiger partial charge in [0.25, 0.3) is 0 Å². The first-order chi connectivity index (χ1) is 6.16. The van der Waals surface area contributed by atoms with Crippen LogP contribution >= 0.6 is 11.3 Å². The number of rotatable bonds is 1. The predicted octanol–water partition coefficient (Wildman–Crippen LogP) is 2.74. The van der Waals surface area contributed by atoms with Crippen molar-refractivity contribution >= 4 is 17.3 Å². The SMILES string of the molecule is Cc1cc(C2CCC(=O)O2)c(C)s1. The highest BCUT2D eigenvalue weighted by Gasteiger charge is 2.26. The van der Waals surface area contributed by atoms with Crippen molar-refractivity contribution in [2.75, 3.05) is 0 Å². The Balaban J connectivity index is 2.25. The molecule has 0 radical (unpaired) electrons. The van der Waals surface area contributed by atoms with Gasteiger partial charge < -0.3 is 4.74 Å². The maximum atomic E-state index is 10.9. The molecule has 0 bridgehead atoms. The first-order valence-corrected chi connectivity index (χ1v) is 5.25. The van der Waals surface area contributed by atoms with Crippen LogP contribution in [0, 0.1) is 13.8 Å². The zero-order valence-corrected chi connectivity index (χ0v) is 8.61. The first-order valence-electron chi connectivity index (χ1n) is 4.43. The average molecular weight is 196 g/mol. The molecule has 1 aromatic heterocycles. The van der Waals surface area contributed by atoms with Crippen molar-refractivity contribution in [3.05, 3.63) is 21.4 Å². The Bertz CT molecular complexity index is 341. The Hall–Kier alpha value is -0.830. The Morgan fingerprint density at radius 1 is 1.54 bits per heavy atom. The summed E-state index contributed by atoms with van der Waals surface area (Å²) in [7, 11) is 0. The molecule has 1 aliphatic heterocycles. The molecule has 0 saturated carbocycles. The van der Waals surface area contributed by atoms with Crippen molar-refractivity contribution in [3.63, 3.8) is 0 Å². The van der Waals surface area contributed by atoms with E-state index in [1.807, 2.05) is 0 Å². The lowest BCUT2D eigenvalue weighted by Crippen LogP contribution is -1.98. The molecule has 0 amide bonds. The molecule has 1 unspecified atom stereocenters. The molecule has 3 heteroatoms. The fraction of sp³-hybridized carbons (Fsp3) is 0.500. The summed E-state index contributed by atoms with van der Waals surface area (Å²) in [6.07, 6.45) is 1.44. The highest BCUT2D eigenvalue weighted by Crippen LogP contribution is 2.35. The van der Waals surface area contributed by atoms with E-state index >= 15 is 0 Å². The highest BCUT2D eigenvalue weighted by atomic mass is 32.1. The summed E-state index contributed by atoms with van der Waals surface area (Å²) in [5.74, 6) is -0.0618. The van der Waals surface area contributed by atoms with Gasteiger partial charge in [0.2, 0.25) is 0 Å². The lowest BCUT2D eigenvalue weighted by atomic mass is 10.1. The molecule has 1 saturated heterocycles. The number of esters is 1. The maximum Gasteiger partial charge on any atom is 0.306 e. The summed E-state index contributed by atoms with van der Waals surface area (Å²) in [6.45, 7) is 4.16. The number of ether oxygens (including phenoxy) is 1. The Morgan fingerprint density at radius 3 is 2.77 bits per heavy atom. The average Bonchev–Trinajstić information content (AvgIpc) is 2.58. The van der Waals surface area contributed by atoms with Crippen LogP contribution in [0.2, 0.25) is 0 Å². The number of carbonyl (C=O) groups is 1. The topological polar surface area (TPSA) is 26.3 Å². The Labute approximate surface area is 81.5 Å². The van der Waals surface area contributed by atoms with Crippen molar-refractivity contribution in [1.29, 1.82) is 0 Å². The molecule has 0 aromatic carbocycles. The molecule has 0 aliphatic carbocycles. The van der Waals surface area contributed by atoms with E-state index in [4.69, 9.17) is 4.74 Å². The van der Waals surface area contributed by atoms with Crippen molar-refractivity contribution in [1.82, 2.24) is 0 Å². The Kier molecular flexibility index (Phi) is 2.12. The summed E-state index contributed by atoms with van der Waals surface area (Å²) in [4.78, 5) is 13.5. The lowest BCUT2D eigenvalue weighted by molar-refractivity contribution is -0.141. The van der Waals surface area contributed by atoms with Gasteiger partial charge in [0, 0.05) is 21.7 Å². The van der Waals surface area contributed by atoms with Gasteiger partial charge in [0.1, 0.15) is 6.10 Å². The molecule has 13 heavy (non-hydrogen) atoms. The molecule has 1 atom stereocenters. The van der Waals surface area contributed by atoms with Crippen molar-refractivity contribution in [2.24, 2.45) is 0 Å². The molecule has 2 rings (SSSR count). The maximum absolute atomic E-state index is 10.9. The van der Waals surface area contributed by atoms with E-state index < -0.39 is 0 Å². The van der Waals surface area contributed by atoms with Crippen molar-refractivity contribution in [3.8, 4) is 0 Å². The fourth-order valence-electron chi connectivity index (χ4n) is 1.71. The number of thiophene rings is 1. The van der Waals surface area contributed by atoms with Crippen LogP contribution in [0.25, 0.3) is 0 Å². The molecule has 1 aromatic rings. The molecular weight excluding hydrogens is 184 g/mol. The number of aryl methyl sites for hydroxylation is 2. The van der Waals surface area contributed by atoms with E-state index in [-0.39, 0.29) is 12.1 Å². The van der Waals surface area contributed by atoms with Crippen LogP contribution < -0.4 is 0 Å². The van der Waals surface area contributed by atoms with Gasteiger partial charge in [-0.1, -0.05) is 0 Å². The predicted molar refractivity (Wildman–Crippen MR) is 51.9 cm³/mol. The van der Waals surface area contributed by atoms with Crippen molar-refractivity contribution in [2.45, 2.75) is 32.8 Å². The van der Waals surface area contributed by atoms with Crippen LogP contribution in [0.3, 0.4) is 0 Å². The quantitative estimate of drug-likeness (QED) is 0.645. The normalized spacial score (nSPS) is 22.0. The van der Waals surface area contributed by atoms with E-state index in [2.05, 4.69) is 19.9 Å². The van der Waals surface area contributed by atoms with E-state index in [0.29, 0.717) is 6.42 Å². The summed E-state index contributed by atoms with van der Waals surface area (Å²) in [6, 6.07) is 2.13. The summed E-state index contributed by atoms with van der Waals surface area (Å²) in [5.41, 5.74) is 1.20. The first kappa shape index (κ1) is 8.75. The smallest absolute Gasteiger partial charge is 0.306 e. The van der Waals surface area contributed by atoms with Crippen LogP contribution in [-0.4, -0.2) is 5.97 Å². The zero-order valence-electron chi connectivity index (χ0n) is 7.79. The minimum Gasteiger partial charge on any atom is -0.457 e. The monoisotopic (exact) mass is 196 g/mol. The van der Waals surface area contributed by atoms with Crippen LogP contribution in [0.4, 0.5) is 0 Å². The van der Waals surface area contributed by atoms with Crippen LogP contribution in [-0.2, 0) is 9.53 Å². The largest absolute Gasteiger partial charge is 0.457 e. The molecule has 0 spiro atoms. The van der Waals surface area contributed by atoms with Gasteiger partial charge >= 0.3 is 5.97 Å². The third-order valence-electron chi connectivity index (χ3n) is 2.31. The number of cyclic esters (lactones) is 1. The van der Waals surface area contributed by atoms with Crippen LogP contribution in [0.15, 0.2) is 6.07 Å².